The molecule has 0 spiro atoms. The third-order valence-electron chi connectivity index (χ3n) is 2.38. The third kappa shape index (κ3) is 1.76. The predicted octanol–water partition coefficient (Wildman–Crippen LogP) is 1.14. The van der Waals surface area contributed by atoms with Crippen molar-refractivity contribution in [2.75, 3.05) is 5.75 Å². The van der Waals surface area contributed by atoms with Crippen LogP contribution in [0.4, 0.5) is 5.69 Å². The van der Waals surface area contributed by atoms with Crippen molar-refractivity contribution >= 4 is 26.6 Å². The summed E-state index contributed by atoms with van der Waals surface area (Å²) in [4.78, 5) is 10.2. The summed E-state index contributed by atoms with van der Waals surface area (Å²) < 4.78 is 24.2. The van der Waals surface area contributed by atoms with Crippen molar-refractivity contribution in [3.05, 3.63) is 34.5 Å². The molecule has 0 N–H and O–H groups in total. The van der Waals surface area contributed by atoms with E-state index in [1.165, 1.54) is 31.3 Å². The molecule has 0 aliphatic carbocycles. The number of nitro groups is 1. The van der Waals surface area contributed by atoms with Crippen molar-refractivity contribution < 1.29 is 13.3 Å². The topological polar surface area (TPSA) is 95.1 Å². The zero-order valence-corrected chi connectivity index (χ0v) is 9.72. The van der Waals surface area contributed by atoms with Gasteiger partial charge in [-0.25, -0.2) is 8.42 Å². The van der Waals surface area contributed by atoms with Crippen molar-refractivity contribution in [3.63, 3.8) is 0 Å². The quantitative estimate of drug-likeness (QED) is 0.605. The van der Waals surface area contributed by atoms with Crippen LogP contribution in [0.25, 0.3) is 10.9 Å². The molecule has 0 atom stereocenters. The number of hydrogen-bond donors (Lipinski definition) is 0. The van der Waals surface area contributed by atoms with E-state index in [1.807, 2.05) is 0 Å². The second-order valence-corrected chi connectivity index (χ2v) is 5.44. The fraction of sp³-hybridized carbons (Fsp3) is 0.222. The van der Waals surface area contributed by atoms with Crippen LogP contribution in [0.1, 0.15) is 6.92 Å². The zero-order valence-electron chi connectivity index (χ0n) is 8.90. The van der Waals surface area contributed by atoms with Gasteiger partial charge in [0.1, 0.15) is 0 Å². The molecular weight excluding hydrogens is 246 g/mol. The molecule has 0 unspecified atom stereocenters. The maximum Gasteiger partial charge on any atom is 0.280 e. The normalized spacial score (nSPS) is 11.8. The number of hydrogen-bond acceptors (Lipinski definition) is 5. The van der Waals surface area contributed by atoms with Crippen LogP contribution in [0, 0.1) is 10.1 Å². The standard InChI is InChI=1S/C9H9N3O4S/c1-2-17(15,16)11-8-4-3-5-9(12(13)14)7(8)6-10-11/h3-6H,2H2,1H3. The van der Waals surface area contributed by atoms with E-state index in [-0.39, 0.29) is 22.3 Å². The van der Waals surface area contributed by atoms with E-state index in [0.717, 1.165) is 4.09 Å². The fourth-order valence-electron chi connectivity index (χ4n) is 1.52. The highest BCUT2D eigenvalue weighted by Crippen LogP contribution is 2.25. The molecule has 0 bridgehead atoms. The fourth-order valence-corrected chi connectivity index (χ4v) is 2.41. The van der Waals surface area contributed by atoms with E-state index < -0.39 is 14.9 Å². The summed E-state index contributed by atoms with van der Waals surface area (Å²) in [5.74, 6) is -0.119. The van der Waals surface area contributed by atoms with Gasteiger partial charge in [-0.3, -0.25) is 10.1 Å². The summed E-state index contributed by atoms with van der Waals surface area (Å²) in [6, 6.07) is 4.24. The molecule has 0 fully saturated rings. The van der Waals surface area contributed by atoms with Crippen molar-refractivity contribution in [2.45, 2.75) is 6.92 Å². The van der Waals surface area contributed by atoms with Gasteiger partial charge in [0.2, 0.25) is 0 Å². The summed E-state index contributed by atoms with van der Waals surface area (Å²) in [5.41, 5.74) is 0.0705. The first-order chi connectivity index (χ1) is 7.97. The van der Waals surface area contributed by atoms with Gasteiger partial charge in [-0.05, 0) is 13.0 Å². The van der Waals surface area contributed by atoms with Gasteiger partial charge in [0, 0.05) is 6.07 Å². The highest BCUT2D eigenvalue weighted by Gasteiger charge is 2.20. The number of benzene rings is 1. The maximum atomic E-state index is 11.7. The molecule has 0 amide bonds. The van der Waals surface area contributed by atoms with E-state index in [9.17, 15) is 18.5 Å². The first-order valence-electron chi connectivity index (χ1n) is 4.81. The zero-order chi connectivity index (χ0) is 12.6. The van der Waals surface area contributed by atoms with Gasteiger partial charge in [-0.2, -0.15) is 9.19 Å². The lowest BCUT2D eigenvalue weighted by molar-refractivity contribution is -0.383. The average molecular weight is 255 g/mol. The lowest BCUT2D eigenvalue weighted by Gasteiger charge is -2.01. The molecule has 0 saturated carbocycles. The molecule has 0 saturated heterocycles. The molecule has 1 aromatic heterocycles. The van der Waals surface area contributed by atoms with E-state index >= 15 is 0 Å². The first kappa shape index (κ1) is 11.5. The number of nitro benzene ring substituents is 1. The van der Waals surface area contributed by atoms with Crippen LogP contribution in [0.2, 0.25) is 0 Å². The molecule has 8 heteroatoms. The molecule has 90 valence electrons. The maximum absolute atomic E-state index is 11.7. The highest BCUT2D eigenvalue weighted by atomic mass is 32.2. The summed E-state index contributed by atoms with van der Waals surface area (Å²) in [5, 5.41) is 14.7. The largest absolute Gasteiger partial charge is 0.280 e. The number of fused-ring (bicyclic) bond motifs is 1. The van der Waals surface area contributed by atoms with Crippen molar-refractivity contribution in [2.24, 2.45) is 0 Å². The van der Waals surface area contributed by atoms with Crippen LogP contribution >= 0.6 is 0 Å². The van der Waals surface area contributed by atoms with E-state index in [1.54, 1.807) is 0 Å². The average Bonchev–Trinajstić information content (AvgIpc) is 2.72. The monoisotopic (exact) mass is 255 g/mol. The predicted molar refractivity (Wildman–Crippen MR) is 61.2 cm³/mol. The smallest absolute Gasteiger partial charge is 0.258 e. The number of rotatable bonds is 3. The first-order valence-corrected chi connectivity index (χ1v) is 6.42. The van der Waals surface area contributed by atoms with Gasteiger partial charge in [0.15, 0.2) is 0 Å². The minimum atomic E-state index is -3.54. The molecule has 1 aromatic carbocycles. The molecule has 17 heavy (non-hydrogen) atoms. The minimum absolute atomic E-state index is 0.119. The molecule has 7 nitrogen and oxygen atoms in total. The van der Waals surface area contributed by atoms with Crippen LogP contribution in [0.5, 0.6) is 0 Å². The lowest BCUT2D eigenvalue weighted by atomic mass is 10.2. The van der Waals surface area contributed by atoms with Crippen LogP contribution in [-0.2, 0) is 10.0 Å². The Balaban J connectivity index is 2.80. The number of non-ortho nitro benzene ring substituents is 1. The Morgan fingerprint density at radius 3 is 2.76 bits per heavy atom. The molecule has 1 heterocycles. The molecule has 0 aliphatic heterocycles. The second-order valence-electron chi connectivity index (χ2n) is 3.36. The Hall–Kier alpha value is -1.96. The van der Waals surface area contributed by atoms with E-state index in [4.69, 9.17) is 0 Å². The van der Waals surface area contributed by atoms with Gasteiger partial charge in [0.05, 0.1) is 27.8 Å². The van der Waals surface area contributed by atoms with E-state index in [0.29, 0.717) is 0 Å². The molecule has 0 aliphatic rings. The molecule has 2 aromatic rings. The second kappa shape index (κ2) is 3.81. The third-order valence-corrected chi connectivity index (χ3v) is 3.93. The van der Waals surface area contributed by atoms with Crippen molar-refractivity contribution in [1.29, 1.82) is 0 Å². The van der Waals surface area contributed by atoms with Crippen LogP contribution in [0.3, 0.4) is 0 Å². The highest BCUT2D eigenvalue weighted by molar-refractivity contribution is 7.89. The van der Waals surface area contributed by atoms with Gasteiger partial charge >= 0.3 is 0 Å². The molecular formula is C9H9N3O4S. The Bertz CT molecular complexity index is 689. The minimum Gasteiger partial charge on any atom is -0.258 e. The summed E-state index contributed by atoms with van der Waals surface area (Å²) in [6.07, 6.45) is 1.20. The van der Waals surface area contributed by atoms with Crippen LogP contribution in [-0.4, -0.2) is 28.3 Å². The number of aromatic nitrogens is 2. The Morgan fingerprint density at radius 2 is 2.18 bits per heavy atom. The molecule has 0 radical (unpaired) electrons. The van der Waals surface area contributed by atoms with Crippen LogP contribution in [0.15, 0.2) is 24.4 Å². The SMILES string of the molecule is CCS(=O)(=O)n1ncc2c([N+](=O)[O-])cccc21. The van der Waals surface area contributed by atoms with Gasteiger partial charge in [-0.15, -0.1) is 0 Å². The summed E-state index contributed by atoms with van der Waals surface area (Å²) >= 11 is 0. The van der Waals surface area contributed by atoms with Gasteiger partial charge in [0.25, 0.3) is 15.7 Å². The Labute approximate surface area is 96.9 Å². The van der Waals surface area contributed by atoms with Crippen molar-refractivity contribution in [3.8, 4) is 0 Å². The Morgan fingerprint density at radius 1 is 1.47 bits per heavy atom. The molecule has 2 rings (SSSR count). The van der Waals surface area contributed by atoms with E-state index in [2.05, 4.69) is 5.10 Å². The lowest BCUT2D eigenvalue weighted by Crippen LogP contribution is -2.15. The van der Waals surface area contributed by atoms with Crippen LogP contribution < -0.4 is 0 Å². The van der Waals surface area contributed by atoms with Crippen molar-refractivity contribution in [1.82, 2.24) is 9.19 Å². The number of nitrogens with zero attached hydrogens (tertiary/aromatic N) is 3. The van der Waals surface area contributed by atoms with Gasteiger partial charge in [-0.1, -0.05) is 6.07 Å². The summed E-state index contributed by atoms with van der Waals surface area (Å²) in [6.45, 7) is 1.49. The summed E-state index contributed by atoms with van der Waals surface area (Å²) in [7, 11) is -3.54. The Kier molecular flexibility index (Phi) is 2.58. The van der Waals surface area contributed by atoms with Gasteiger partial charge < -0.3 is 0 Å².